The van der Waals surface area contributed by atoms with Gasteiger partial charge in [0.05, 0.1) is 21.6 Å². The molecule has 0 saturated heterocycles. The van der Waals surface area contributed by atoms with Crippen LogP contribution in [0.2, 0.25) is 0 Å². The molecule has 172 valence electrons. The minimum atomic E-state index is -3.30. The van der Waals surface area contributed by atoms with Crippen molar-refractivity contribution in [2.75, 3.05) is 23.3 Å². The number of rotatable bonds is 9. The Morgan fingerprint density at radius 3 is 2.12 bits per heavy atom. The SMILES string of the molecule is Cc1ccc(N2C(=O)c3ccc(NCCCCCNS(=O)(=O)C(C)(C)C)cc3C2=O)cc1. The van der Waals surface area contributed by atoms with Crippen molar-refractivity contribution in [3.05, 3.63) is 59.2 Å². The van der Waals surface area contributed by atoms with Gasteiger partial charge < -0.3 is 5.32 Å². The van der Waals surface area contributed by atoms with E-state index in [0.29, 0.717) is 29.9 Å². The first-order chi connectivity index (χ1) is 15.0. The minimum absolute atomic E-state index is 0.307. The van der Waals surface area contributed by atoms with Gasteiger partial charge in [-0.2, -0.15) is 0 Å². The molecule has 2 aromatic carbocycles. The number of amides is 2. The number of sulfonamides is 1. The van der Waals surface area contributed by atoms with Crippen molar-refractivity contribution in [2.24, 2.45) is 0 Å². The minimum Gasteiger partial charge on any atom is -0.385 e. The van der Waals surface area contributed by atoms with E-state index in [0.717, 1.165) is 30.5 Å². The van der Waals surface area contributed by atoms with Gasteiger partial charge >= 0.3 is 0 Å². The van der Waals surface area contributed by atoms with Gasteiger partial charge in [0.1, 0.15) is 0 Å². The highest BCUT2D eigenvalue weighted by atomic mass is 32.2. The fourth-order valence-electron chi connectivity index (χ4n) is 3.36. The van der Waals surface area contributed by atoms with Crippen molar-refractivity contribution in [1.82, 2.24) is 4.72 Å². The normalized spacial score (nSPS) is 14.1. The van der Waals surface area contributed by atoms with Gasteiger partial charge in [0, 0.05) is 18.8 Å². The average Bonchev–Trinajstić information content (AvgIpc) is 2.97. The summed E-state index contributed by atoms with van der Waals surface area (Å²) in [4.78, 5) is 26.8. The third-order valence-electron chi connectivity index (χ3n) is 5.46. The van der Waals surface area contributed by atoms with Gasteiger partial charge in [0.25, 0.3) is 11.8 Å². The zero-order chi connectivity index (χ0) is 23.5. The summed E-state index contributed by atoms with van der Waals surface area (Å²) in [6.07, 6.45) is 2.47. The van der Waals surface area contributed by atoms with E-state index in [9.17, 15) is 18.0 Å². The van der Waals surface area contributed by atoms with E-state index in [4.69, 9.17) is 0 Å². The maximum Gasteiger partial charge on any atom is 0.266 e. The summed E-state index contributed by atoms with van der Waals surface area (Å²) in [6, 6.07) is 12.5. The molecule has 0 bridgehead atoms. The van der Waals surface area contributed by atoms with Crippen molar-refractivity contribution in [3.63, 3.8) is 0 Å². The number of nitrogens with zero attached hydrogens (tertiary/aromatic N) is 1. The molecule has 0 fully saturated rings. The molecule has 2 aromatic rings. The molecule has 1 heterocycles. The van der Waals surface area contributed by atoms with Gasteiger partial charge in [-0.25, -0.2) is 18.0 Å². The lowest BCUT2D eigenvalue weighted by atomic mass is 10.1. The van der Waals surface area contributed by atoms with Crippen molar-refractivity contribution < 1.29 is 18.0 Å². The Morgan fingerprint density at radius 1 is 0.844 bits per heavy atom. The number of nitrogens with one attached hydrogen (secondary N) is 2. The molecule has 1 aliphatic heterocycles. The lowest BCUT2D eigenvalue weighted by molar-refractivity contribution is 0.0926. The second-order valence-electron chi connectivity index (χ2n) is 9.04. The Labute approximate surface area is 190 Å². The molecule has 0 atom stereocenters. The van der Waals surface area contributed by atoms with E-state index in [-0.39, 0.29) is 11.8 Å². The van der Waals surface area contributed by atoms with Crippen LogP contribution >= 0.6 is 0 Å². The molecule has 0 aliphatic carbocycles. The third-order valence-corrected chi connectivity index (χ3v) is 7.66. The van der Waals surface area contributed by atoms with E-state index in [1.165, 1.54) is 4.90 Å². The number of fused-ring (bicyclic) bond motifs is 1. The molecule has 2 amide bonds. The highest BCUT2D eigenvalue weighted by Gasteiger charge is 2.36. The summed E-state index contributed by atoms with van der Waals surface area (Å²) < 4.78 is 25.9. The van der Waals surface area contributed by atoms with Gasteiger partial charge in [-0.3, -0.25) is 9.59 Å². The Bertz CT molecular complexity index is 1100. The number of anilines is 2. The van der Waals surface area contributed by atoms with Gasteiger partial charge in [-0.05, 0) is 70.9 Å². The molecule has 0 radical (unpaired) electrons. The third kappa shape index (κ3) is 5.19. The predicted molar refractivity (Wildman–Crippen MR) is 128 cm³/mol. The zero-order valence-corrected chi connectivity index (χ0v) is 19.9. The number of imide groups is 1. The highest BCUT2D eigenvalue weighted by molar-refractivity contribution is 7.90. The number of unbranched alkanes of at least 4 members (excludes halogenated alkanes) is 2. The van der Waals surface area contributed by atoms with Gasteiger partial charge in [0.2, 0.25) is 10.0 Å². The zero-order valence-electron chi connectivity index (χ0n) is 19.1. The average molecular weight is 458 g/mol. The molecular formula is C24H31N3O4S. The largest absolute Gasteiger partial charge is 0.385 e. The molecule has 1 aliphatic rings. The van der Waals surface area contributed by atoms with Gasteiger partial charge in [-0.1, -0.05) is 24.1 Å². The van der Waals surface area contributed by atoms with Crippen molar-refractivity contribution in [3.8, 4) is 0 Å². The standard InChI is InChI=1S/C24H31N3O4S/c1-17-8-11-19(12-9-17)27-22(28)20-13-10-18(16-21(20)23(27)29)25-14-6-5-7-15-26-32(30,31)24(2,3)4/h8-13,16,25-26H,5-7,14-15H2,1-4H3. The maximum atomic E-state index is 12.9. The van der Waals surface area contributed by atoms with Crippen LogP contribution in [0.4, 0.5) is 11.4 Å². The quantitative estimate of drug-likeness (QED) is 0.437. The summed E-state index contributed by atoms with van der Waals surface area (Å²) in [5, 5.41) is 3.28. The molecule has 32 heavy (non-hydrogen) atoms. The van der Waals surface area contributed by atoms with Crippen LogP contribution in [0, 0.1) is 6.92 Å². The number of benzene rings is 2. The topological polar surface area (TPSA) is 95.6 Å². The molecule has 2 N–H and O–H groups in total. The summed E-state index contributed by atoms with van der Waals surface area (Å²) in [6.45, 7) is 8.09. The molecule has 0 unspecified atom stereocenters. The highest BCUT2D eigenvalue weighted by Crippen LogP contribution is 2.30. The maximum absolute atomic E-state index is 12.9. The molecule has 8 heteroatoms. The predicted octanol–water partition coefficient (Wildman–Crippen LogP) is 4.10. The van der Waals surface area contributed by atoms with Crippen LogP contribution in [0.1, 0.15) is 66.3 Å². The molecule has 0 saturated carbocycles. The lowest BCUT2D eigenvalue weighted by Gasteiger charge is -2.19. The fourth-order valence-corrected chi connectivity index (χ4v) is 4.21. The van der Waals surface area contributed by atoms with E-state index >= 15 is 0 Å². The Morgan fingerprint density at radius 2 is 1.47 bits per heavy atom. The van der Waals surface area contributed by atoms with Crippen molar-refractivity contribution >= 4 is 33.2 Å². The van der Waals surface area contributed by atoms with Crippen LogP contribution in [0.25, 0.3) is 0 Å². The number of carbonyl (C=O) groups excluding carboxylic acids is 2. The van der Waals surface area contributed by atoms with E-state index < -0.39 is 14.8 Å². The van der Waals surface area contributed by atoms with Crippen LogP contribution in [0.15, 0.2) is 42.5 Å². The van der Waals surface area contributed by atoms with E-state index in [2.05, 4.69) is 10.0 Å². The monoisotopic (exact) mass is 457 g/mol. The molecule has 0 aromatic heterocycles. The summed E-state index contributed by atoms with van der Waals surface area (Å²) in [5.41, 5.74) is 3.22. The molecule has 3 rings (SSSR count). The Kier molecular flexibility index (Phi) is 7.05. The first kappa shape index (κ1) is 23.9. The number of aryl methyl sites for hydroxylation is 1. The van der Waals surface area contributed by atoms with Crippen molar-refractivity contribution in [1.29, 1.82) is 0 Å². The Hall–Kier alpha value is -2.71. The Balaban J connectivity index is 1.50. The second kappa shape index (κ2) is 9.42. The van der Waals surface area contributed by atoms with E-state index in [1.807, 2.05) is 19.1 Å². The fraction of sp³-hybridized carbons (Fsp3) is 0.417. The van der Waals surface area contributed by atoms with Crippen LogP contribution in [-0.4, -0.2) is 38.1 Å². The first-order valence-corrected chi connectivity index (χ1v) is 12.3. The lowest BCUT2D eigenvalue weighted by Crippen LogP contribution is -2.39. The summed E-state index contributed by atoms with van der Waals surface area (Å²) in [5.74, 6) is -0.623. The second-order valence-corrected chi connectivity index (χ2v) is 11.6. The van der Waals surface area contributed by atoms with E-state index in [1.54, 1.807) is 51.1 Å². The molecular weight excluding hydrogens is 426 g/mol. The summed E-state index contributed by atoms with van der Waals surface area (Å²) in [7, 11) is -3.30. The molecule has 0 spiro atoms. The number of hydrogen-bond donors (Lipinski definition) is 2. The smallest absolute Gasteiger partial charge is 0.266 e. The van der Waals surface area contributed by atoms with Crippen LogP contribution in [0.5, 0.6) is 0 Å². The van der Waals surface area contributed by atoms with Crippen molar-refractivity contribution in [2.45, 2.75) is 51.7 Å². The van der Waals surface area contributed by atoms with Gasteiger partial charge in [-0.15, -0.1) is 0 Å². The van der Waals surface area contributed by atoms with Crippen LogP contribution in [0.3, 0.4) is 0 Å². The number of hydrogen-bond acceptors (Lipinski definition) is 5. The summed E-state index contributed by atoms with van der Waals surface area (Å²) >= 11 is 0. The first-order valence-electron chi connectivity index (χ1n) is 10.8. The number of carbonyl (C=O) groups is 2. The van der Waals surface area contributed by atoms with Gasteiger partial charge in [0.15, 0.2) is 0 Å². The van der Waals surface area contributed by atoms with Crippen LogP contribution in [-0.2, 0) is 10.0 Å². The van der Waals surface area contributed by atoms with Crippen LogP contribution < -0.4 is 14.9 Å². The molecule has 7 nitrogen and oxygen atoms in total.